The number of rotatable bonds is 3. The highest BCUT2D eigenvalue weighted by Gasteiger charge is 2.27. The number of hydrogen-bond donors (Lipinski definition) is 1. The molecule has 3 nitrogen and oxygen atoms in total. The summed E-state index contributed by atoms with van der Waals surface area (Å²) < 4.78 is 0. The molecule has 17 heavy (non-hydrogen) atoms. The molecule has 0 aromatic heterocycles. The van der Waals surface area contributed by atoms with Gasteiger partial charge in [0.1, 0.15) is 5.92 Å². The van der Waals surface area contributed by atoms with Gasteiger partial charge in [0.25, 0.3) is 0 Å². The third-order valence-electron chi connectivity index (χ3n) is 3.78. The molecule has 0 aromatic carbocycles. The highest BCUT2D eigenvalue weighted by atomic mass is 16.1. The van der Waals surface area contributed by atoms with Crippen LogP contribution < -0.4 is 5.32 Å². The van der Waals surface area contributed by atoms with Gasteiger partial charge < -0.3 is 5.32 Å². The summed E-state index contributed by atoms with van der Waals surface area (Å²) in [5.74, 6) is 0.0285. The van der Waals surface area contributed by atoms with Crippen LogP contribution in [0.5, 0.6) is 0 Å². The van der Waals surface area contributed by atoms with Gasteiger partial charge in [-0.05, 0) is 24.7 Å². The summed E-state index contributed by atoms with van der Waals surface area (Å²) >= 11 is 0. The van der Waals surface area contributed by atoms with Crippen molar-refractivity contribution in [3.05, 3.63) is 0 Å². The average Bonchev–Trinajstić information content (AvgIpc) is 2.45. The van der Waals surface area contributed by atoms with Gasteiger partial charge >= 0.3 is 0 Å². The van der Waals surface area contributed by atoms with Gasteiger partial charge in [0, 0.05) is 6.04 Å². The van der Waals surface area contributed by atoms with Crippen LogP contribution in [0.2, 0.25) is 0 Å². The van der Waals surface area contributed by atoms with Gasteiger partial charge in [0.2, 0.25) is 5.91 Å². The molecule has 0 radical (unpaired) electrons. The summed E-state index contributed by atoms with van der Waals surface area (Å²) in [6, 6.07) is 2.37. The van der Waals surface area contributed by atoms with E-state index in [2.05, 4.69) is 18.3 Å². The van der Waals surface area contributed by atoms with E-state index in [0.717, 1.165) is 6.42 Å². The molecule has 3 heteroatoms. The monoisotopic (exact) mass is 236 g/mol. The van der Waals surface area contributed by atoms with Crippen LogP contribution in [0, 0.1) is 29.1 Å². The van der Waals surface area contributed by atoms with Gasteiger partial charge in [-0.3, -0.25) is 4.79 Å². The van der Waals surface area contributed by atoms with Crippen molar-refractivity contribution in [2.24, 2.45) is 17.8 Å². The molecular formula is C14H24N2O. The molecule has 3 unspecified atom stereocenters. The van der Waals surface area contributed by atoms with Crippen LogP contribution in [-0.2, 0) is 4.79 Å². The lowest BCUT2D eigenvalue weighted by molar-refractivity contribution is -0.125. The fraction of sp³-hybridized carbons (Fsp3) is 0.857. The van der Waals surface area contributed by atoms with Gasteiger partial charge in [-0.25, -0.2) is 0 Å². The van der Waals surface area contributed by atoms with Crippen molar-refractivity contribution in [2.45, 2.75) is 58.9 Å². The van der Waals surface area contributed by atoms with Gasteiger partial charge in [0.15, 0.2) is 0 Å². The van der Waals surface area contributed by atoms with Crippen LogP contribution in [0.3, 0.4) is 0 Å². The molecule has 1 amide bonds. The number of carbonyl (C=O) groups excluding carboxylic acids is 1. The molecule has 1 N–H and O–H groups in total. The fourth-order valence-electron chi connectivity index (χ4n) is 2.49. The average molecular weight is 236 g/mol. The van der Waals surface area contributed by atoms with Gasteiger partial charge in [-0.2, -0.15) is 5.26 Å². The maximum Gasteiger partial charge on any atom is 0.237 e. The minimum Gasteiger partial charge on any atom is -0.352 e. The van der Waals surface area contributed by atoms with Crippen molar-refractivity contribution in [2.75, 3.05) is 0 Å². The van der Waals surface area contributed by atoms with Crippen LogP contribution in [-0.4, -0.2) is 11.9 Å². The summed E-state index contributed by atoms with van der Waals surface area (Å²) in [4.78, 5) is 12.0. The van der Waals surface area contributed by atoms with Crippen molar-refractivity contribution in [3.8, 4) is 6.07 Å². The summed E-state index contributed by atoms with van der Waals surface area (Å²) in [6.45, 7) is 6.04. The number of amides is 1. The fourth-order valence-corrected chi connectivity index (χ4v) is 2.49. The molecule has 0 heterocycles. The standard InChI is InChI=1S/C14H24N2O/c1-10(2)12(9-15)14(17)16-13-8-6-4-5-7-11(13)3/h10-13H,4-8H2,1-3H3,(H,16,17). The quantitative estimate of drug-likeness (QED) is 0.766. The third kappa shape index (κ3) is 4.03. The second kappa shape index (κ2) is 6.64. The first-order valence-corrected chi connectivity index (χ1v) is 6.76. The highest BCUT2D eigenvalue weighted by molar-refractivity contribution is 5.81. The number of nitrogens with one attached hydrogen (secondary N) is 1. The Balaban J connectivity index is 2.57. The molecule has 0 bridgehead atoms. The van der Waals surface area contributed by atoms with Gasteiger partial charge in [0.05, 0.1) is 6.07 Å². The molecule has 1 saturated carbocycles. The van der Waals surface area contributed by atoms with Gasteiger partial charge in [-0.15, -0.1) is 0 Å². The first-order valence-electron chi connectivity index (χ1n) is 6.76. The van der Waals surface area contributed by atoms with Crippen LogP contribution >= 0.6 is 0 Å². The first kappa shape index (κ1) is 14.0. The van der Waals surface area contributed by atoms with E-state index in [1.807, 2.05) is 13.8 Å². The zero-order chi connectivity index (χ0) is 12.8. The number of hydrogen-bond acceptors (Lipinski definition) is 2. The summed E-state index contributed by atoms with van der Waals surface area (Å²) in [5.41, 5.74) is 0. The molecule has 0 saturated heterocycles. The Morgan fingerprint density at radius 2 is 1.94 bits per heavy atom. The molecule has 1 aliphatic carbocycles. The van der Waals surface area contributed by atoms with Crippen LogP contribution in [0.1, 0.15) is 52.9 Å². The molecule has 1 aliphatic rings. The van der Waals surface area contributed by atoms with E-state index in [-0.39, 0.29) is 17.9 Å². The van der Waals surface area contributed by atoms with Crippen molar-refractivity contribution in [1.82, 2.24) is 5.32 Å². The Morgan fingerprint density at radius 1 is 1.29 bits per heavy atom. The highest BCUT2D eigenvalue weighted by Crippen LogP contribution is 2.23. The Hall–Kier alpha value is -1.04. The Kier molecular flexibility index (Phi) is 5.47. The second-order valence-electron chi connectivity index (χ2n) is 5.58. The topological polar surface area (TPSA) is 52.9 Å². The Labute approximate surface area is 105 Å². The summed E-state index contributed by atoms with van der Waals surface area (Å²) in [5, 5.41) is 12.1. The molecule has 0 aromatic rings. The van der Waals surface area contributed by atoms with Crippen LogP contribution in [0.4, 0.5) is 0 Å². The number of nitrogens with zero attached hydrogens (tertiary/aromatic N) is 1. The maximum absolute atomic E-state index is 12.0. The number of carbonyl (C=O) groups is 1. The van der Waals surface area contributed by atoms with Gasteiger partial charge in [-0.1, -0.05) is 40.0 Å². The van der Waals surface area contributed by atoms with E-state index in [9.17, 15) is 4.79 Å². The Morgan fingerprint density at radius 3 is 2.53 bits per heavy atom. The SMILES string of the molecule is CC(C)C(C#N)C(=O)NC1CCCCCC1C. The molecule has 3 atom stereocenters. The number of nitriles is 1. The smallest absolute Gasteiger partial charge is 0.237 e. The predicted molar refractivity (Wildman–Crippen MR) is 68.1 cm³/mol. The van der Waals surface area contributed by atoms with E-state index in [1.165, 1.54) is 25.7 Å². The van der Waals surface area contributed by atoms with Crippen molar-refractivity contribution < 1.29 is 4.79 Å². The summed E-state index contributed by atoms with van der Waals surface area (Å²) in [7, 11) is 0. The minimum absolute atomic E-state index is 0.0822. The zero-order valence-corrected chi connectivity index (χ0v) is 11.2. The summed E-state index contributed by atoms with van der Waals surface area (Å²) in [6.07, 6.45) is 5.96. The lowest BCUT2D eigenvalue weighted by atomic mass is 9.93. The lowest BCUT2D eigenvalue weighted by Crippen LogP contribution is -2.43. The minimum atomic E-state index is -0.509. The van der Waals surface area contributed by atoms with Crippen molar-refractivity contribution in [1.29, 1.82) is 5.26 Å². The normalized spacial score (nSPS) is 27.0. The second-order valence-corrected chi connectivity index (χ2v) is 5.58. The Bertz CT molecular complexity index is 293. The predicted octanol–water partition coefficient (Wildman–Crippen LogP) is 2.87. The molecule has 96 valence electrons. The van der Waals surface area contributed by atoms with E-state index in [4.69, 9.17) is 5.26 Å². The van der Waals surface area contributed by atoms with Crippen LogP contribution in [0.25, 0.3) is 0 Å². The molecule has 1 fully saturated rings. The van der Waals surface area contributed by atoms with Crippen molar-refractivity contribution in [3.63, 3.8) is 0 Å². The van der Waals surface area contributed by atoms with E-state index < -0.39 is 5.92 Å². The van der Waals surface area contributed by atoms with Crippen LogP contribution in [0.15, 0.2) is 0 Å². The van der Waals surface area contributed by atoms with Crippen molar-refractivity contribution >= 4 is 5.91 Å². The first-order chi connectivity index (χ1) is 8.06. The van der Waals surface area contributed by atoms with E-state index in [1.54, 1.807) is 0 Å². The third-order valence-corrected chi connectivity index (χ3v) is 3.78. The maximum atomic E-state index is 12.0. The molecule has 0 aliphatic heterocycles. The lowest BCUT2D eigenvalue weighted by Gasteiger charge is -2.24. The van der Waals surface area contributed by atoms with E-state index in [0.29, 0.717) is 5.92 Å². The molecule has 1 rings (SSSR count). The van der Waals surface area contributed by atoms with E-state index >= 15 is 0 Å². The zero-order valence-electron chi connectivity index (χ0n) is 11.2. The largest absolute Gasteiger partial charge is 0.352 e. The molecule has 0 spiro atoms. The molecular weight excluding hydrogens is 212 g/mol.